The van der Waals surface area contributed by atoms with E-state index in [1.807, 2.05) is 19.9 Å². The van der Waals surface area contributed by atoms with Gasteiger partial charge in [0.15, 0.2) is 0 Å². The molecule has 0 atom stereocenters. The van der Waals surface area contributed by atoms with Crippen LogP contribution in [0, 0.1) is 0 Å². The molecule has 0 amide bonds. The van der Waals surface area contributed by atoms with E-state index in [2.05, 4.69) is 18.1 Å². The van der Waals surface area contributed by atoms with Crippen molar-refractivity contribution in [3.05, 3.63) is 36.5 Å². The predicted molar refractivity (Wildman–Crippen MR) is 60.2 cm³/mol. The molecule has 70 valence electrons. The number of hydrogen-bond donors (Lipinski definition) is 1. The van der Waals surface area contributed by atoms with Crippen LogP contribution in [0.4, 0.5) is 5.82 Å². The first-order valence-corrected chi connectivity index (χ1v) is 4.29. The Kier molecular flexibility index (Phi) is 5.28. The number of hydrogen-bond acceptors (Lipinski definition) is 2. The van der Waals surface area contributed by atoms with Gasteiger partial charge in [-0.15, -0.1) is 0 Å². The fourth-order valence-electron chi connectivity index (χ4n) is 0.838. The van der Waals surface area contributed by atoms with E-state index in [1.165, 1.54) is 0 Å². The number of rotatable bonds is 2. The standard InChI is InChI=1S/C9H10N2.C2H6/c1-3-7-5-6-9(10)11-8(7)4-2;1-2/h3-6H,1-2H2,(H2,10,11);1-2H3. The second kappa shape index (κ2) is 6.00. The number of anilines is 1. The average molecular weight is 176 g/mol. The highest BCUT2D eigenvalue weighted by Gasteiger charge is 1.95. The maximum absolute atomic E-state index is 5.46. The molecule has 13 heavy (non-hydrogen) atoms. The van der Waals surface area contributed by atoms with Gasteiger partial charge in [-0.05, 0) is 23.8 Å². The zero-order chi connectivity index (χ0) is 10.3. The van der Waals surface area contributed by atoms with Crippen molar-refractivity contribution in [3.63, 3.8) is 0 Å². The Hall–Kier alpha value is -1.57. The fourth-order valence-corrected chi connectivity index (χ4v) is 0.838. The molecule has 0 aliphatic carbocycles. The molecule has 0 spiro atoms. The summed E-state index contributed by atoms with van der Waals surface area (Å²) < 4.78 is 0. The van der Waals surface area contributed by atoms with Crippen LogP contribution < -0.4 is 5.73 Å². The Morgan fingerprint density at radius 3 is 2.31 bits per heavy atom. The van der Waals surface area contributed by atoms with Crippen molar-refractivity contribution in [1.82, 2.24) is 4.98 Å². The third-order valence-corrected chi connectivity index (χ3v) is 1.39. The third-order valence-electron chi connectivity index (χ3n) is 1.39. The Morgan fingerprint density at radius 1 is 1.23 bits per heavy atom. The van der Waals surface area contributed by atoms with Gasteiger partial charge in [-0.3, -0.25) is 0 Å². The van der Waals surface area contributed by atoms with Crippen LogP contribution in [0.1, 0.15) is 25.1 Å². The molecule has 0 aromatic carbocycles. The molecular weight excluding hydrogens is 160 g/mol. The van der Waals surface area contributed by atoms with Gasteiger partial charge < -0.3 is 5.73 Å². The second-order valence-electron chi connectivity index (χ2n) is 2.12. The molecule has 0 bridgehead atoms. The molecule has 0 radical (unpaired) electrons. The van der Waals surface area contributed by atoms with Crippen LogP contribution in [-0.4, -0.2) is 4.98 Å². The van der Waals surface area contributed by atoms with Crippen LogP contribution in [0.5, 0.6) is 0 Å². The molecule has 0 aliphatic heterocycles. The van der Waals surface area contributed by atoms with Gasteiger partial charge in [0.05, 0.1) is 5.69 Å². The number of nitrogen functional groups attached to an aromatic ring is 1. The van der Waals surface area contributed by atoms with E-state index in [9.17, 15) is 0 Å². The van der Waals surface area contributed by atoms with E-state index < -0.39 is 0 Å². The largest absolute Gasteiger partial charge is 0.384 e. The van der Waals surface area contributed by atoms with Crippen LogP contribution in [0.3, 0.4) is 0 Å². The SMILES string of the molecule is C=Cc1ccc(N)nc1C=C.CC. The molecule has 2 N–H and O–H groups in total. The summed E-state index contributed by atoms with van der Waals surface area (Å²) >= 11 is 0. The minimum absolute atomic E-state index is 0.505. The topological polar surface area (TPSA) is 38.9 Å². The molecule has 1 aromatic heterocycles. The monoisotopic (exact) mass is 176 g/mol. The first-order valence-electron chi connectivity index (χ1n) is 4.29. The van der Waals surface area contributed by atoms with E-state index in [0.29, 0.717) is 5.82 Å². The van der Waals surface area contributed by atoms with Crippen LogP contribution >= 0.6 is 0 Å². The van der Waals surface area contributed by atoms with E-state index >= 15 is 0 Å². The molecule has 0 saturated heterocycles. The maximum Gasteiger partial charge on any atom is 0.124 e. The van der Waals surface area contributed by atoms with Crippen molar-refractivity contribution < 1.29 is 0 Å². The normalized spacial score (nSPS) is 8.15. The van der Waals surface area contributed by atoms with Gasteiger partial charge in [0.2, 0.25) is 0 Å². The van der Waals surface area contributed by atoms with Crippen LogP contribution in [0.15, 0.2) is 25.3 Å². The molecule has 1 rings (SSSR count). The lowest BCUT2D eigenvalue weighted by atomic mass is 10.2. The Morgan fingerprint density at radius 2 is 1.85 bits per heavy atom. The smallest absolute Gasteiger partial charge is 0.124 e. The summed E-state index contributed by atoms with van der Waals surface area (Å²) in [5.41, 5.74) is 7.20. The van der Waals surface area contributed by atoms with Gasteiger partial charge in [-0.25, -0.2) is 4.98 Å². The van der Waals surface area contributed by atoms with Crippen molar-refractivity contribution in [1.29, 1.82) is 0 Å². The average Bonchev–Trinajstić information content (AvgIpc) is 2.20. The van der Waals surface area contributed by atoms with Gasteiger partial charge in [0, 0.05) is 0 Å². The number of aromatic nitrogens is 1. The lowest BCUT2D eigenvalue weighted by Crippen LogP contribution is -1.93. The lowest BCUT2D eigenvalue weighted by molar-refractivity contribution is 1.29. The zero-order valence-corrected chi connectivity index (χ0v) is 8.25. The van der Waals surface area contributed by atoms with E-state index in [1.54, 1.807) is 18.2 Å². The molecular formula is C11H16N2. The molecule has 0 unspecified atom stereocenters. The Bertz CT molecular complexity index is 290. The zero-order valence-electron chi connectivity index (χ0n) is 8.25. The minimum atomic E-state index is 0.505. The van der Waals surface area contributed by atoms with Crippen molar-refractivity contribution in [2.45, 2.75) is 13.8 Å². The summed E-state index contributed by atoms with van der Waals surface area (Å²) in [4.78, 5) is 4.05. The Balaban J connectivity index is 0.000000671. The fraction of sp³-hybridized carbons (Fsp3) is 0.182. The summed E-state index contributed by atoms with van der Waals surface area (Å²) in [7, 11) is 0. The Labute approximate surface area is 79.8 Å². The second-order valence-corrected chi connectivity index (χ2v) is 2.12. The van der Waals surface area contributed by atoms with Crippen molar-refractivity contribution in [3.8, 4) is 0 Å². The quantitative estimate of drug-likeness (QED) is 0.752. The number of nitrogens with zero attached hydrogens (tertiary/aromatic N) is 1. The van der Waals surface area contributed by atoms with Gasteiger partial charge in [0.25, 0.3) is 0 Å². The highest BCUT2D eigenvalue weighted by atomic mass is 14.8. The lowest BCUT2D eigenvalue weighted by Gasteiger charge is -1.99. The summed E-state index contributed by atoms with van der Waals surface area (Å²) in [5, 5.41) is 0. The van der Waals surface area contributed by atoms with Crippen LogP contribution in [0.2, 0.25) is 0 Å². The molecule has 0 aliphatic rings. The van der Waals surface area contributed by atoms with Gasteiger partial charge in [-0.1, -0.05) is 33.1 Å². The van der Waals surface area contributed by atoms with Gasteiger partial charge in [-0.2, -0.15) is 0 Å². The van der Waals surface area contributed by atoms with Crippen LogP contribution in [0.25, 0.3) is 12.2 Å². The van der Waals surface area contributed by atoms with Crippen molar-refractivity contribution in [2.24, 2.45) is 0 Å². The summed E-state index contributed by atoms with van der Waals surface area (Å²) in [5.74, 6) is 0.505. The highest BCUT2D eigenvalue weighted by Crippen LogP contribution is 2.10. The molecule has 2 nitrogen and oxygen atoms in total. The van der Waals surface area contributed by atoms with Crippen molar-refractivity contribution >= 4 is 18.0 Å². The molecule has 0 fully saturated rings. The number of nitrogens with two attached hydrogens (primary N) is 1. The van der Waals surface area contributed by atoms with Crippen LogP contribution in [-0.2, 0) is 0 Å². The maximum atomic E-state index is 5.46. The first kappa shape index (κ1) is 11.4. The number of pyridine rings is 1. The summed E-state index contributed by atoms with van der Waals surface area (Å²) in [6.45, 7) is 11.3. The molecule has 0 saturated carbocycles. The summed E-state index contributed by atoms with van der Waals surface area (Å²) in [6, 6.07) is 3.61. The van der Waals surface area contributed by atoms with E-state index in [0.717, 1.165) is 11.3 Å². The highest BCUT2D eigenvalue weighted by molar-refractivity contribution is 5.62. The molecule has 1 aromatic rings. The van der Waals surface area contributed by atoms with Gasteiger partial charge in [0.1, 0.15) is 5.82 Å². The molecule has 2 heteroatoms. The summed E-state index contributed by atoms with van der Waals surface area (Å²) in [6.07, 6.45) is 3.39. The van der Waals surface area contributed by atoms with Gasteiger partial charge >= 0.3 is 0 Å². The third kappa shape index (κ3) is 3.11. The van der Waals surface area contributed by atoms with E-state index in [4.69, 9.17) is 5.73 Å². The minimum Gasteiger partial charge on any atom is -0.384 e. The first-order chi connectivity index (χ1) is 6.27. The predicted octanol–water partition coefficient (Wildman–Crippen LogP) is 2.98. The molecule has 1 heterocycles. The van der Waals surface area contributed by atoms with E-state index in [-0.39, 0.29) is 0 Å². The van der Waals surface area contributed by atoms with Crippen molar-refractivity contribution in [2.75, 3.05) is 5.73 Å².